The Balaban J connectivity index is 1.54. The van der Waals surface area contributed by atoms with Crippen LogP contribution in [0.3, 0.4) is 0 Å². The first kappa shape index (κ1) is 24.2. The van der Waals surface area contributed by atoms with Crippen LogP contribution in [0.2, 0.25) is 4.34 Å². The molecule has 170 valence electrons. The van der Waals surface area contributed by atoms with Gasteiger partial charge in [0.2, 0.25) is 0 Å². The van der Waals surface area contributed by atoms with Crippen LogP contribution in [0.15, 0.2) is 47.6 Å². The second-order valence-corrected chi connectivity index (χ2v) is 10.6. The first-order valence-electron chi connectivity index (χ1n) is 11.3. The van der Waals surface area contributed by atoms with Gasteiger partial charge in [-0.15, -0.1) is 11.3 Å². The van der Waals surface area contributed by atoms with Crippen LogP contribution >= 0.6 is 22.9 Å². The molecule has 2 atom stereocenters. The van der Waals surface area contributed by atoms with E-state index < -0.39 is 18.2 Å². The lowest BCUT2D eigenvalue weighted by atomic mass is 9.62. The molecule has 1 saturated carbocycles. The van der Waals surface area contributed by atoms with Crippen LogP contribution in [0.25, 0.3) is 0 Å². The van der Waals surface area contributed by atoms with Crippen molar-refractivity contribution in [1.29, 1.82) is 0 Å². The number of aliphatic hydroxyl groups is 2. The highest BCUT2D eigenvalue weighted by Crippen LogP contribution is 2.48. The zero-order valence-electron chi connectivity index (χ0n) is 17.9. The molecule has 0 bridgehead atoms. The molecule has 0 spiro atoms. The zero-order chi connectivity index (χ0) is 22.3. The Morgan fingerprint density at radius 3 is 2.74 bits per heavy atom. The van der Waals surface area contributed by atoms with E-state index in [1.54, 1.807) is 11.3 Å². The summed E-state index contributed by atoms with van der Waals surface area (Å²) >= 11 is 7.68. The minimum Gasteiger partial charge on any atom is -0.481 e. The third kappa shape index (κ3) is 6.79. The summed E-state index contributed by atoms with van der Waals surface area (Å²) in [4.78, 5) is 11.8. The molecule has 3 rings (SSSR count). The van der Waals surface area contributed by atoms with Crippen LogP contribution in [0.4, 0.5) is 0 Å². The quantitative estimate of drug-likeness (QED) is 0.259. The van der Waals surface area contributed by atoms with E-state index in [2.05, 4.69) is 12.1 Å². The molecule has 1 aromatic heterocycles. The van der Waals surface area contributed by atoms with Crippen LogP contribution in [-0.2, 0) is 11.2 Å². The normalized spacial score (nSPS) is 21.8. The molecule has 3 N–H and O–H groups in total. The molecule has 0 aliphatic heterocycles. The molecule has 0 saturated heterocycles. The molecule has 2 aliphatic rings. The average molecular weight is 465 g/mol. The van der Waals surface area contributed by atoms with E-state index >= 15 is 0 Å². The molecule has 0 radical (unpaired) electrons. The lowest BCUT2D eigenvalue weighted by Gasteiger charge is -2.45. The highest BCUT2D eigenvalue weighted by Gasteiger charge is 2.43. The number of halogens is 1. The van der Waals surface area contributed by atoms with E-state index in [-0.39, 0.29) is 11.8 Å². The standard InChI is InChI=1S/C25H33ClO4S/c26-23-14-12-19(31-23)17-25(15-6-16-25)22(28)9-5-8-20-18(11-13-21(20)27)7-3-1-2-4-10-24(29)30/h1,3,5,8,12,14,21-22,27-28H,2,4,6-7,9-11,13,15-17H2,(H,29,30)/t21-,22?/m1/s1. The van der Waals surface area contributed by atoms with Gasteiger partial charge in [-0.05, 0) is 75.5 Å². The summed E-state index contributed by atoms with van der Waals surface area (Å²) in [6.07, 6.45) is 16.0. The van der Waals surface area contributed by atoms with Crippen molar-refractivity contribution in [2.75, 3.05) is 0 Å². The summed E-state index contributed by atoms with van der Waals surface area (Å²) in [7, 11) is 0. The monoisotopic (exact) mass is 464 g/mol. The van der Waals surface area contributed by atoms with Crippen molar-refractivity contribution in [2.24, 2.45) is 5.41 Å². The first-order chi connectivity index (χ1) is 14.9. The minimum absolute atomic E-state index is 0.0529. The van der Waals surface area contributed by atoms with E-state index in [4.69, 9.17) is 16.7 Å². The van der Waals surface area contributed by atoms with Gasteiger partial charge in [-0.3, -0.25) is 4.79 Å². The van der Waals surface area contributed by atoms with E-state index in [0.717, 1.165) is 61.3 Å². The number of allylic oxidation sites excluding steroid dienone is 3. The van der Waals surface area contributed by atoms with Gasteiger partial charge in [0, 0.05) is 16.7 Å². The van der Waals surface area contributed by atoms with Crippen LogP contribution in [-0.4, -0.2) is 33.5 Å². The van der Waals surface area contributed by atoms with Crippen LogP contribution < -0.4 is 0 Å². The number of carboxylic acid groups (broad SMARTS) is 1. The highest BCUT2D eigenvalue weighted by molar-refractivity contribution is 7.16. The number of carbonyl (C=O) groups is 1. The maximum atomic E-state index is 10.9. The van der Waals surface area contributed by atoms with E-state index in [0.29, 0.717) is 12.8 Å². The second kappa shape index (κ2) is 11.5. The topological polar surface area (TPSA) is 77.8 Å². The molecule has 1 aromatic rings. The Bertz CT molecular complexity index is 834. The molecule has 0 aromatic carbocycles. The Morgan fingerprint density at radius 1 is 1.29 bits per heavy atom. The van der Waals surface area contributed by atoms with Gasteiger partial charge in [0.15, 0.2) is 0 Å². The molecule has 1 fully saturated rings. The Hall–Kier alpha value is -1.40. The van der Waals surface area contributed by atoms with Gasteiger partial charge < -0.3 is 15.3 Å². The van der Waals surface area contributed by atoms with Crippen molar-refractivity contribution in [3.63, 3.8) is 0 Å². The maximum absolute atomic E-state index is 10.9. The lowest BCUT2D eigenvalue weighted by Crippen LogP contribution is -2.42. The van der Waals surface area contributed by atoms with Gasteiger partial charge in [-0.2, -0.15) is 0 Å². The summed E-state index contributed by atoms with van der Waals surface area (Å²) in [5.41, 5.74) is 2.16. The van der Waals surface area contributed by atoms with Gasteiger partial charge in [0.05, 0.1) is 16.5 Å². The number of thiophene rings is 1. The van der Waals surface area contributed by atoms with Crippen LogP contribution in [0.1, 0.15) is 69.1 Å². The van der Waals surface area contributed by atoms with Crippen molar-refractivity contribution >= 4 is 28.9 Å². The number of aliphatic hydroxyl groups excluding tert-OH is 2. The molecule has 4 nitrogen and oxygen atoms in total. The van der Waals surface area contributed by atoms with Crippen molar-refractivity contribution < 1.29 is 20.1 Å². The average Bonchev–Trinajstić information content (AvgIpc) is 3.26. The van der Waals surface area contributed by atoms with Gasteiger partial charge >= 0.3 is 5.97 Å². The summed E-state index contributed by atoms with van der Waals surface area (Å²) in [6.45, 7) is 0. The van der Waals surface area contributed by atoms with Crippen molar-refractivity contribution in [3.05, 3.63) is 56.8 Å². The summed E-state index contributed by atoms with van der Waals surface area (Å²) in [5, 5.41) is 30.0. The first-order valence-corrected chi connectivity index (χ1v) is 12.4. The third-order valence-corrected chi connectivity index (χ3v) is 7.88. The maximum Gasteiger partial charge on any atom is 0.303 e. The van der Waals surface area contributed by atoms with Gasteiger partial charge in [-0.1, -0.05) is 47.9 Å². The van der Waals surface area contributed by atoms with Gasteiger partial charge in [-0.25, -0.2) is 0 Å². The van der Waals surface area contributed by atoms with Gasteiger partial charge in [0.25, 0.3) is 0 Å². The van der Waals surface area contributed by atoms with Crippen LogP contribution in [0.5, 0.6) is 0 Å². The predicted octanol–water partition coefficient (Wildman–Crippen LogP) is 6.07. The summed E-state index contributed by atoms with van der Waals surface area (Å²) < 4.78 is 0.796. The molecule has 6 heteroatoms. The zero-order valence-corrected chi connectivity index (χ0v) is 19.5. The summed E-state index contributed by atoms with van der Waals surface area (Å²) in [6, 6.07) is 3.99. The predicted molar refractivity (Wildman–Crippen MR) is 127 cm³/mol. The fraction of sp³-hybridized carbons (Fsp3) is 0.560. The number of aliphatic carboxylic acids is 1. The molecule has 31 heavy (non-hydrogen) atoms. The molecule has 1 unspecified atom stereocenters. The van der Waals surface area contributed by atoms with Crippen LogP contribution in [0, 0.1) is 5.41 Å². The van der Waals surface area contributed by atoms with Gasteiger partial charge in [0.1, 0.15) is 0 Å². The van der Waals surface area contributed by atoms with Crippen molar-refractivity contribution in [1.82, 2.24) is 0 Å². The van der Waals surface area contributed by atoms with E-state index in [9.17, 15) is 15.0 Å². The summed E-state index contributed by atoms with van der Waals surface area (Å²) in [5.74, 6) is -0.757. The Kier molecular flexibility index (Phi) is 8.96. The van der Waals surface area contributed by atoms with Crippen molar-refractivity contribution in [2.45, 2.75) is 82.8 Å². The molecular formula is C25H33ClO4S. The smallest absolute Gasteiger partial charge is 0.303 e. The second-order valence-electron chi connectivity index (χ2n) is 8.83. The minimum atomic E-state index is -0.757. The number of hydrogen-bond acceptors (Lipinski definition) is 4. The largest absolute Gasteiger partial charge is 0.481 e. The Labute approximate surface area is 194 Å². The fourth-order valence-electron chi connectivity index (χ4n) is 4.64. The highest BCUT2D eigenvalue weighted by atomic mass is 35.5. The third-order valence-electron chi connectivity index (χ3n) is 6.65. The van der Waals surface area contributed by atoms with Crippen molar-refractivity contribution in [3.8, 4) is 0 Å². The fourth-order valence-corrected chi connectivity index (χ4v) is 5.88. The van der Waals surface area contributed by atoms with E-state index in [1.165, 1.54) is 10.5 Å². The number of hydrogen-bond donors (Lipinski definition) is 3. The number of rotatable bonds is 12. The molecule has 1 heterocycles. The molecular weight excluding hydrogens is 432 g/mol. The molecule has 2 aliphatic carbocycles. The molecule has 0 amide bonds. The number of unbranched alkanes of at least 4 members (excludes halogenated alkanes) is 1. The lowest BCUT2D eigenvalue weighted by molar-refractivity contribution is -0.137. The number of carboxylic acids is 1. The SMILES string of the molecule is O=C(O)CCCC=CCC1=C(C=CCC(O)C2(Cc3ccc(Cl)s3)CCC2)[C@H](O)CC1. The Morgan fingerprint density at radius 2 is 2.10 bits per heavy atom. The van der Waals surface area contributed by atoms with E-state index in [1.807, 2.05) is 24.3 Å².